The van der Waals surface area contributed by atoms with Crippen LogP contribution in [0, 0.1) is 6.92 Å². The molecule has 1 unspecified atom stereocenters. The van der Waals surface area contributed by atoms with Crippen LogP contribution in [0.4, 0.5) is 0 Å². The number of H-pyrrole nitrogens is 1. The zero-order valence-corrected chi connectivity index (χ0v) is 24.4. The third kappa shape index (κ3) is 8.72. The van der Waals surface area contributed by atoms with Gasteiger partial charge in [0.2, 0.25) is 0 Å². The summed E-state index contributed by atoms with van der Waals surface area (Å²) < 4.78 is 7.50. The van der Waals surface area contributed by atoms with Gasteiger partial charge in [-0.05, 0) is 0 Å². The van der Waals surface area contributed by atoms with Crippen LogP contribution in [0.2, 0.25) is 13.3 Å². The van der Waals surface area contributed by atoms with Crippen molar-refractivity contribution in [2.75, 3.05) is 0 Å². The van der Waals surface area contributed by atoms with Crippen LogP contribution in [-0.2, 0) is 0 Å². The first kappa shape index (κ1) is 27.2. The molecule has 0 saturated carbocycles. The normalized spacial score (nSPS) is 13.2. The van der Waals surface area contributed by atoms with Crippen LogP contribution in [-0.4, -0.2) is 28.3 Å². The number of unbranched alkanes of at least 4 members (excludes halogenated alkanes) is 3. The Morgan fingerprint density at radius 2 is 1.47 bits per heavy atom. The third-order valence-electron chi connectivity index (χ3n) is 6.96. The van der Waals surface area contributed by atoms with Gasteiger partial charge in [-0.15, -0.1) is 0 Å². The van der Waals surface area contributed by atoms with Gasteiger partial charge in [0.25, 0.3) is 0 Å². The topological polar surface area (TPSA) is 28.7 Å². The van der Waals surface area contributed by atoms with Crippen LogP contribution in [0.3, 0.4) is 0 Å². The van der Waals surface area contributed by atoms with Gasteiger partial charge in [0.05, 0.1) is 0 Å². The second-order valence-corrected chi connectivity index (χ2v) is 22.9. The van der Waals surface area contributed by atoms with E-state index in [1.165, 1.54) is 68.3 Å². The fourth-order valence-corrected chi connectivity index (χ4v) is 19.3. The average Bonchev–Trinajstić information content (AvgIpc) is 3.30. The first-order valence-electron chi connectivity index (χ1n) is 13.4. The average molecular weight is 543 g/mol. The minimum absolute atomic E-state index is 0.503. The van der Waals surface area contributed by atoms with E-state index in [-0.39, 0.29) is 0 Å². The van der Waals surface area contributed by atoms with E-state index in [1.54, 1.807) is 13.3 Å². The van der Waals surface area contributed by atoms with E-state index in [9.17, 15) is 0 Å². The monoisotopic (exact) mass is 544 g/mol. The van der Waals surface area contributed by atoms with Crippen molar-refractivity contribution >= 4 is 18.4 Å². The van der Waals surface area contributed by atoms with Crippen molar-refractivity contribution in [2.24, 2.45) is 0 Å². The molecule has 2 aromatic rings. The Labute approximate surface area is 202 Å². The molecule has 32 heavy (non-hydrogen) atoms. The zero-order chi connectivity index (χ0) is 23.2. The summed E-state index contributed by atoms with van der Waals surface area (Å²) in [5.41, 5.74) is 3.67. The Kier molecular flexibility index (Phi) is 12.7. The molecule has 178 valence electrons. The molecule has 0 saturated heterocycles. The first-order valence-corrected chi connectivity index (χ1v) is 21.1. The van der Waals surface area contributed by atoms with Gasteiger partial charge in [0.1, 0.15) is 0 Å². The molecule has 0 spiro atoms. The van der Waals surface area contributed by atoms with Crippen molar-refractivity contribution in [3.05, 3.63) is 52.0 Å². The summed E-state index contributed by atoms with van der Waals surface area (Å²) in [6, 6.07) is 8.74. The summed E-state index contributed by atoms with van der Waals surface area (Å²) in [6.07, 6.45) is 16.5. The molecule has 1 aromatic carbocycles. The Hall–Kier alpha value is -1.03. The molecule has 0 amide bonds. The van der Waals surface area contributed by atoms with Crippen molar-refractivity contribution in [2.45, 2.75) is 112 Å². The van der Waals surface area contributed by atoms with Crippen LogP contribution < -0.4 is 0 Å². The summed E-state index contributed by atoms with van der Waals surface area (Å²) in [4.78, 5) is 8.48. The van der Waals surface area contributed by atoms with Gasteiger partial charge in [0, 0.05) is 0 Å². The molecule has 0 fully saturated rings. The molecular formula is C29H48N2Sn. The number of aromatic nitrogens is 2. The second-order valence-electron chi connectivity index (χ2n) is 9.84. The molecule has 1 atom stereocenters. The number of hydrogen-bond donors (Lipinski definition) is 1. The number of imidazole rings is 1. The van der Waals surface area contributed by atoms with E-state index in [1.807, 2.05) is 6.20 Å². The Morgan fingerprint density at radius 3 is 2.00 bits per heavy atom. The van der Waals surface area contributed by atoms with Crippen molar-refractivity contribution in [3.63, 3.8) is 0 Å². The molecule has 2 rings (SSSR count). The van der Waals surface area contributed by atoms with Crippen LogP contribution in [0.15, 0.2) is 40.6 Å². The van der Waals surface area contributed by atoms with Crippen LogP contribution >= 0.6 is 0 Å². The van der Waals surface area contributed by atoms with E-state index in [4.69, 9.17) is 4.98 Å². The van der Waals surface area contributed by atoms with Gasteiger partial charge >= 0.3 is 203 Å². The number of aromatic amines is 1. The van der Waals surface area contributed by atoms with Crippen molar-refractivity contribution in [1.29, 1.82) is 0 Å². The van der Waals surface area contributed by atoms with E-state index in [0.717, 1.165) is 12.1 Å². The summed E-state index contributed by atoms with van der Waals surface area (Å²) in [7, 11) is 0. The number of aryl methyl sites for hydroxylation is 1. The van der Waals surface area contributed by atoms with Gasteiger partial charge in [-0.1, -0.05) is 0 Å². The Bertz CT molecular complexity index is 753. The van der Waals surface area contributed by atoms with E-state index in [0.29, 0.717) is 5.92 Å². The zero-order valence-electron chi connectivity index (χ0n) is 21.6. The summed E-state index contributed by atoms with van der Waals surface area (Å²) in [6.45, 7) is 11.5. The van der Waals surface area contributed by atoms with Gasteiger partial charge in [0.15, 0.2) is 0 Å². The predicted molar refractivity (Wildman–Crippen MR) is 145 cm³/mol. The molecule has 1 heterocycles. The number of nitrogens with one attached hydrogen (secondary N) is 1. The quantitative estimate of drug-likeness (QED) is 0.210. The molecule has 0 aliphatic rings. The maximum atomic E-state index is 4.83. The number of rotatable bonds is 16. The second kappa shape index (κ2) is 15.0. The van der Waals surface area contributed by atoms with Gasteiger partial charge in [-0.3, -0.25) is 0 Å². The number of allylic oxidation sites excluding steroid dienone is 1. The van der Waals surface area contributed by atoms with Crippen molar-refractivity contribution < 1.29 is 0 Å². The SMILES string of the molecule is CCC[CH2][Sn]([CH]=CCC(CCC)c1ncc(-c2ccc(C)cc2)[nH]1)([CH2]CCC)[CH2]CCC. The Morgan fingerprint density at radius 1 is 0.875 bits per heavy atom. The summed E-state index contributed by atoms with van der Waals surface area (Å²) in [5, 5.41) is 0. The Balaban J connectivity index is 2.16. The molecular weight excluding hydrogens is 495 g/mol. The molecule has 0 aliphatic heterocycles. The molecule has 2 nitrogen and oxygen atoms in total. The molecule has 0 aliphatic carbocycles. The first-order chi connectivity index (χ1) is 15.6. The van der Waals surface area contributed by atoms with Crippen molar-refractivity contribution in [3.8, 4) is 11.3 Å². The number of benzene rings is 1. The van der Waals surface area contributed by atoms with Crippen LogP contribution in [0.25, 0.3) is 11.3 Å². The summed E-state index contributed by atoms with van der Waals surface area (Å²) >= 11 is -2.19. The van der Waals surface area contributed by atoms with E-state index < -0.39 is 18.4 Å². The van der Waals surface area contributed by atoms with E-state index in [2.05, 4.69) is 74.0 Å². The summed E-state index contributed by atoms with van der Waals surface area (Å²) in [5.74, 6) is 1.67. The van der Waals surface area contributed by atoms with Gasteiger partial charge < -0.3 is 0 Å². The fourth-order valence-electron chi connectivity index (χ4n) is 4.83. The molecule has 1 aromatic heterocycles. The molecule has 3 heteroatoms. The fraction of sp³-hybridized carbons (Fsp3) is 0.621. The minimum atomic E-state index is -2.19. The predicted octanol–water partition coefficient (Wildman–Crippen LogP) is 9.60. The third-order valence-corrected chi connectivity index (χ3v) is 21.2. The number of hydrogen-bond acceptors (Lipinski definition) is 1. The molecule has 0 radical (unpaired) electrons. The standard InChI is InChI=1S/C17H21N2.3C4H9.Sn/c1-4-6-15(7-5-2)17-18-12-16(19-17)14-10-8-13(3)9-11-14;3*1-3-4-2;/h1,4,8-12,15H,5-7H2,2-3H3,(H,18,19);3*1,3-4H2,2H3;. The molecule has 0 bridgehead atoms. The van der Waals surface area contributed by atoms with Gasteiger partial charge in [-0.2, -0.15) is 0 Å². The maximum absolute atomic E-state index is 4.83. The number of nitrogens with zero attached hydrogens (tertiary/aromatic N) is 1. The van der Waals surface area contributed by atoms with E-state index >= 15 is 0 Å². The van der Waals surface area contributed by atoms with Crippen LogP contribution in [0.1, 0.15) is 103 Å². The molecule has 1 N–H and O–H groups in total. The van der Waals surface area contributed by atoms with Crippen LogP contribution in [0.5, 0.6) is 0 Å². The van der Waals surface area contributed by atoms with Gasteiger partial charge in [-0.25, -0.2) is 0 Å². The van der Waals surface area contributed by atoms with Crippen molar-refractivity contribution in [1.82, 2.24) is 9.97 Å².